The van der Waals surface area contributed by atoms with Crippen LogP contribution < -0.4 is 15.0 Å². The molecule has 5 nitrogen and oxygen atoms in total. The summed E-state index contributed by atoms with van der Waals surface area (Å²) in [6.07, 6.45) is -0.118. The highest BCUT2D eigenvalue weighted by Gasteiger charge is 2.31. The largest absolute Gasteiger partial charge is 0.481 e. The van der Waals surface area contributed by atoms with Crippen LogP contribution in [0.25, 0.3) is 0 Å². The Balaban J connectivity index is 1.85. The molecule has 0 saturated heterocycles. The van der Waals surface area contributed by atoms with Gasteiger partial charge in [-0.2, -0.15) is 0 Å². The molecule has 0 aromatic heterocycles. The number of hydrogen-bond acceptors (Lipinski definition) is 3. The Kier molecular flexibility index (Phi) is 4.74. The molecule has 2 amide bonds. The van der Waals surface area contributed by atoms with E-state index < -0.39 is 6.10 Å². The summed E-state index contributed by atoms with van der Waals surface area (Å²) < 4.78 is 5.94. The molecule has 0 bridgehead atoms. The van der Waals surface area contributed by atoms with Gasteiger partial charge in [0.1, 0.15) is 12.3 Å². The first-order valence-electron chi connectivity index (χ1n) is 8.43. The Bertz CT molecular complexity index is 816. The molecule has 1 aliphatic rings. The summed E-state index contributed by atoms with van der Waals surface area (Å²) in [6.45, 7) is 5.95. The molecule has 2 aromatic rings. The summed E-state index contributed by atoms with van der Waals surface area (Å²) in [7, 11) is 0. The number of nitrogens with one attached hydrogen (secondary N) is 1. The van der Waals surface area contributed by atoms with Crippen molar-refractivity contribution in [3.05, 3.63) is 53.6 Å². The second-order valence-electron chi connectivity index (χ2n) is 6.25. The first kappa shape index (κ1) is 17.0. The molecule has 1 N–H and O–H groups in total. The number of amides is 2. The van der Waals surface area contributed by atoms with E-state index in [0.717, 1.165) is 5.56 Å². The predicted octanol–water partition coefficient (Wildman–Crippen LogP) is 3.45. The smallest absolute Gasteiger partial charge is 0.268 e. The van der Waals surface area contributed by atoms with Crippen molar-refractivity contribution in [2.24, 2.45) is 0 Å². The highest BCUT2D eigenvalue weighted by atomic mass is 16.5. The van der Waals surface area contributed by atoms with Gasteiger partial charge in [0.05, 0.1) is 11.4 Å². The number of carbonyl (C=O) groups is 2. The van der Waals surface area contributed by atoms with E-state index in [1.54, 1.807) is 6.07 Å². The Labute approximate surface area is 147 Å². The number of aryl methyl sites for hydroxylation is 2. The van der Waals surface area contributed by atoms with E-state index in [2.05, 4.69) is 5.32 Å². The topological polar surface area (TPSA) is 58.6 Å². The van der Waals surface area contributed by atoms with Gasteiger partial charge in [0, 0.05) is 0 Å². The lowest BCUT2D eigenvalue weighted by Gasteiger charge is -2.31. The molecular formula is C20H22N2O3. The fourth-order valence-electron chi connectivity index (χ4n) is 2.86. The van der Waals surface area contributed by atoms with Crippen LogP contribution in [0.4, 0.5) is 11.4 Å². The van der Waals surface area contributed by atoms with Gasteiger partial charge in [-0.1, -0.05) is 25.1 Å². The van der Waals surface area contributed by atoms with Crippen molar-refractivity contribution >= 4 is 23.2 Å². The number of anilines is 2. The van der Waals surface area contributed by atoms with Crippen LogP contribution in [0.2, 0.25) is 0 Å². The lowest BCUT2D eigenvalue weighted by Crippen LogP contribution is -2.48. The van der Waals surface area contributed by atoms with Gasteiger partial charge >= 0.3 is 0 Å². The predicted molar refractivity (Wildman–Crippen MR) is 98.0 cm³/mol. The van der Waals surface area contributed by atoms with Crippen LogP contribution in [0.3, 0.4) is 0 Å². The van der Waals surface area contributed by atoms with E-state index in [0.29, 0.717) is 23.5 Å². The molecule has 0 aliphatic carbocycles. The molecule has 130 valence electrons. The number of hydrogen-bond donors (Lipinski definition) is 1. The molecule has 3 rings (SSSR count). The first-order chi connectivity index (χ1) is 12.0. The molecule has 2 aromatic carbocycles. The molecule has 1 atom stereocenters. The van der Waals surface area contributed by atoms with E-state index in [1.807, 2.05) is 57.2 Å². The quantitative estimate of drug-likeness (QED) is 0.929. The minimum atomic E-state index is -0.638. The van der Waals surface area contributed by atoms with Gasteiger partial charge in [-0.05, 0) is 55.7 Å². The average Bonchev–Trinajstić information content (AvgIpc) is 2.61. The zero-order chi connectivity index (χ0) is 18.0. The van der Waals surface area contributed by atoms with Crippen LogP contribution in [-0.2, 0) is 9.59 Å². The van der Waals surface area contributed by atoms with E-state index in [9.17, 15) is 9.59 Å². The summed E-state index contributed by atoms with van der Waals surface area (Å²) in [6, 6.07) is 13.1. The molecule has 0 saturated carbocycles. The molecule has 0 radical (unpaired) electrons. The van der Waals surface area contributed by atoms with Crippen LogP contribution >= 0.6 is 0 Å². The summed E-state index contributed by atoms with van der Waals surface area (Å²) in [5.74, 6) is 0.258. The second kappa shape index (κ2) is 6.97. The van der Waals surface area contributed by atoms with Crippen LogP contribution in [-0.4, -0.2) is 24.5 Å². The number of carbonyl (C=O) groups excluding carboxylic acids is 2. The summed E-state index contributed by atoms with van der Waals surface area (Å²) in [5.41, 5.74) is 3.64. The maximum Gasteiger partial charge on any atom is 0.268 e. The monoisotopic (exact) mass is 338 g/mol. The third kappa shape index (κ3) is 3.50. The van der Waals surface area contributed by atoms with E-state index in [1.165, 1.54) is 10.5 Å². The lowest BCUT2D eigenvalue weighted by molar-refractivity contribution is -0.127. The number of rotatable bonds is 4. The van der Waals surface area contributed by atoms with Crippen molar-refractivity contribution in [1.29, 1.82) is 0 Å². The minimum Gasteiger partial charge on any atom is -0.481 e. The van der Waals surface area contributed by atoms with Crippen molar-refractivity contribution < 1.29 is 14.3 Å². The second-order valence-corrected chi connectivity index (χ2v) is 6.25. The molecule has 0 unspecified atom stereocenters. The molecule has 25 heavy (non-hydrogen) atoms. The number of benzene rings is 2. The van der Waals surface area contributed by atoms with Gasteiger partial charge in [0.2, 0.25) is 5.91 Å². The van der Waals surface area contributed by atoms with Crippen molar-refractivity contribution in [3.8, 4) is 5.75 Å². The third-order valence-electron chi connectivity index (χ3n) is 4.44. The van der Waals surface area contributed by atoms with Gasteiger partial charge < -0.3 is 10.1 Å². The normalized spacial score (nSPS) is 14.5. The Hall–Kier alpha value is -2.82. The fraction of sp³-hybridized carbons (Fsp3) is 0.300. The molecular weight excluding hydrogens is 316 g/mol. The maximum absolute atomic E-state index is 13.0. The van der Waals surface area contributed by atoms with Gasteiger partial charge in [-0.3, -0.25) is 14.5 Å². The first-order valence-corrected chi connectivity index (χ1v) is 8.43. The van der Waals surface area contributed by atoms with E-state index in [-0.39, 0.29) is 18.4 Å². The third-order valence-corrected chi connectivity index (χ3v) is 4.44. The van der Waals surface area contributed by atoms with Crippen LogP contribution in [0.15, 0.2) is 42.5 Å². The Morgan fingerprint density at radius 3 is 2.68 bits per heavy atom. The summed E-state index contributed by atoms with van der Waals surface area (Å²) in [5, 5.41) is 2.79. The Morgan fingerprint density at radius 2 is 1.96 bits per heavy atom. The molecule has 0 fully saturated rings. The van der Waals surface area contributed by atoms with Gasteiger partial charge in [-0.25, -0.2) is 0 Å². The zero-order valence-electron chi connectivity index (χ0n) is 14.7. The van der Waals surface area contributed by atoms with Crippen molar-refractivity contribution in [2.75, 3.05) is 16.8 Å². The molecule has 1 aliphatic heterocycles. The number of nitrogens with zero attached hydrogens (tertiary/aromatic N) is 1. The molecule has 5 heteroatoms. The van der Waals surface area contributed by atoms with Gasteiger partial charge in [0.25, 0.3) is 5.91 Å². The van der Waals surface area contributed by atoms with Crippen LogP contribution in [0.5, 0.6) is 5.75 Å². The number of ether oxygens (including phenoxy) is 1. The SMILES string of the molecule is CC[C@H](Oc1ccc(C)c(C)c1)C(=O)N1CC(=O)Nc2ccccc21. The number of fused-ring (bicyclic) bond motifs is 1. The van der Waals surface area contributed by atoms with Gasteiger partial charge in [-0.15, -0.1) is 0 Å². The maximum atomic E-state index is 13.0. The summed E-state index contributed by atoms with van der Waals surface area (Å²) >= 11 is 0. The van der Waals surface area contributed by atoms with Crippen molar-refractivity contribution in [2.45, 2.75) is 33.3 Å². The highest BCUT2D eigenvalue weighted by Crippen LogP contribution is 2.30. The van der Waals surface area contributed by atoms with E-state index >= 15 is 0 Å². The minimum absolute atomic E-state index is 0.00261. The van der Waals surface area contributed by atoms with Crippen molar-refractivity contribution in [3.63, 3.8) is 0 Å². The summed E-state index contributed by atoms with van der Waals surface area (Å²) in [4.78, 5) is 26.5. The average molecular weight is 338 g/mol. The Morgan fingerprint density at radius 1 is 1.20 bits per heavy atom. The van der Waals surface area contributed by atoms with E-state index in [4.69, 9.17) is 4.74 Å². The standard InChI is InChI=1S/C20H22N2O3/c1-4-18(25-15-10-9-13(2)14(3)11-15)20(24)22-12-19(23)21-16-7-5-6-8-17(16)22/h5-11,18H,4,12H2,1-3H3,(H,21,23)/t18-/m0/s1. The van der Waals surface area contributed by atoms with Crippen LogP contribution in [0.1, 0.15) is 24.5 Å². The van der Waals surface area contributed by atoms with Crippen molar-refractivity contribution in [1.82, 2.24) is 0 Å². The zero-order valence-corrected chi connectivity index (χ0v) is 14.7. The van der Waals surface area contributed by atoms with Gasteiger partial charge in [0.15, 0.2) is 6.10 Å². The highest BCUT2D eigenvalue weighted by molar-refractivity contribution is 6.11. The number of para-hydroxylation sites is 2. The fourth-order valence-corrected chi connectivity index (χ4v) is 2.86. The van der Waals surface area contributed by atoms with Crippen LogP contribution in [0, 0.1) is 13.8 Å². The molecule has 0 spiro atoms. The lowest BCUT2D eigenvalue weighted by atomic mass is 10.1. The molecule has 1 heterocycles.